The molecule has 2 N–H and O–H groups in total. The number of aromatic nitrogens is 1. The minimum atomic E-state index is -0.553. The van der Waals surface area contributed by atoms with Crippen LogP contribution in [-0.2, 0) is 4.74 Å². The Labute approximate surface area is 145 Å². The standard InChI is InChI=1S/C16H17Cl2N3O2/c1-16(2,3)23-15(22)20-10-7-8-13(19-9-10)21-12-6-4-5-11(17)14(12)18/h4-9H,1-3H3,(H,19,21)(H,20,22). The van der Waals surface area contributed by atoms with Crippen LogP contribution < -0.4 is 10.6 Å². The van der Waals surface area contributed by atoms with Gasteiger partial charge in [-0.2, -0.15) is 0 Å². The zero-order valence-electron chi connectivity index (χ0n) is 13.0. The van der Waals surface area contributed by atoms with Gasteiger partial charge in [-0.25, -0.2) is 9.78 Å². The largest absolute Gasteiger partial charge is 0.444 e. The number of nitrogens with zero attached hydrogens (tertiary/aromatic N) is 1. The highest BCUT2D eigenvalue weighted by atomic mass is 35.5. The van der Waals surface area contributed by atoms with E-state index in [2.05, 4.69) is 15.6 Å². The highest BCUT2D eigenvalue weighted by molar-refractivity contribution is 6.43. The molecule has 122 valence electrons. The zero-order valence-corrected chi connectivity index (χ0v) is 14.5. The first-order valence-electron chi connectivity index (χ1n) is 6.92. The molecule has 5 nitrogen and oxygen atoms in total. The van der Waals surface area contributed by atoms with Gasteiger partial charge in [-0.15, -0.1) is 0 Å². The highest BCUT2D eigenvalue weighted by Gasteiger charge is 2.16. The summed E-state index contributed by atoms with van der Waals surface area (Å²) in [7, 11) is 0. The van der Waals surface area contributed by atoms with Gasteiger partial charge in [-0.05, 0) is 45.0 Å². The smallest absolute Gasteiger partial charge is 0.412 e. The van der Waals surface area contributed by atoms with Crippen LogP contribution in [0.25, 0.3) is 0 Å². The highest BCUT2D eigenvalue weighted by Crippen LogP contribution is 2.31. The van der Waals surface area contributed by atoms with Crippen LogP contribution in [0.1, 0.15) is 20.8 Å². The molecule has 0 unspecified atom stereocenters. The molecule has 0 radical (unpaired) electrons. The second kappa shape index (κ2) is 7.06. The molecule has 1 amide bonds. The molecule has 23 heavy (non-hydrogen) atoms. The lowest BCUT2D eigenvalue weighted by Crippen LogP contribution is -2.27. The van der Waals surface area contributed by atoms with Crippen molar-refractivity contribution in [3.8, 4) is 0 Å². The van der Waals surface area contributed by atoms with Gasteiger partial charge in [0, 0.05) is 0 Å². The monoisotopic (exact) mass is 353 g/mol. The number of pyridine rings is 1. The van der Waals surface area contributed by atoms with E-state index in [1.54, 1.807) is 51.1 Å². The Morgan fingerprint density at radius 3 is 2.52 bits per heavy atom. The van der Waals surface area contributed by atoms with Gasteiger partial charge >= 0.3 is 6.09 Å². The van der Waals surface area contributed by atoms with Gasteiger partial charge < -0.3 is 10.1 Å². The van der Waals surface area contributed by atoms with Crippen molar-refractivity contribution in [2.45, 2.75) is 26.4 Å². The second-order valence-electron chi connectivity index (χ2n) is 5.79. The lowest BCUT2D eigenvalue weighted by molar-refractivity contribution is 0.0636. The summed E-state index contributed by atoms with van der Waals surface area (Å²) < 4.78 is 5.17. The number of anilines is 3. The average Bonchev–Trinajstić information content (AvgIpc) is 2.44. The zero-order chi connectivity index (χ0) is 17.0. The van der Waals surface area contributed by atoms with Crippen molar-refractivity contribution in [2.24, 2.45) is 0 Å². The Hall–Kier alpha value is -1.98. The van der Waals surface area contributed by atoms with Crippen LogP contribution >= 0.6 is 23.2 Å². The van der Waals surface area contributed by atoms with E-state index in [0.717, 1.165) is 0 Å². The fourth-order valence-corrected chi connectivity index (χ4v) is 2.05. The van der Waals surface area contributed by atoms with Gasteiger partial charge in [-0.1, -0.05) is 29.3 Å². The van der Waals surface area contributed by atoms with Crippen molar-refractivity contribution in [1.29, 1.82) is 0 Å². The van der Waals surface area contributed by atoms with E-state index in [1.165, 1.54) is 6.20 Å². The Balaban J connectivity index is 2.02. The summed E-state index contributed by atoms with van der Waals surface area (Å²) in [5.74, 6) is 0.573. The van der Waals surface area contributed by atoms with Crippen LogP contribution in [-0.4, -0.2) is 16.7 Å². The number of nitrogens with one attached hydrogen (secondary N) is 2. The first-order valence-corrected chi connectivity index (χ1v) is 7.67. The molecule has 2 aromatic rings. The van der Waals surface area contributed by atoms with Crippen molar-refractivity contribution in [1.82, 2.24) is 4.98 Å². The van der Waals surface area contributed by atoms with E-state index in [1.807, 2.05) is 0 Å². The summed E-state index contributed by atoms with van der Waals surface area (Å²) in [6, 6.07) is 8.70. The number of hydrogen-bond donors (Lipinski definition) is 2. The van der Waals surface area contributed by atoms with E-state index in [0.29, 0.717) is 27.2 Å². The molecule has 0 saturated heterocycles. The van der Waals surface area contributed by atoms with Crippen LogP contribution in [0.4, 0.5) is 22.0 Å². The van der Waals surface area contributed by atoms with E-state index in [9.17, 15) is 4.79 Å². The van der Waals surface area contributed by atoms with E-state index in [-0.39, 0.29) is 0 Å². The number of rotatable bonds is 3. The third kappa shape index (κ3) is 5.30. The maximum absolute atomic E-state index is 11.7. The molecular formula is C16H17Cl2N3O2. The summed E-state index contributed by atoms with van der Waals surface area (Å²) in [6.07, 6.45) is 0.989. The van der Waals surface area contributed by atoms with Gasteiger partial charge in [0.25, 0.3) is 0 Å². The molecule has 0 bridgehead atoms. The molecule has 0 aliphatic carbocycles. The van der Waals surface area contributed by atoms with Gasteiger partial charge in [0.15, 0.2) is 0 Å². The number of benzene rings is 1. The number of hydrogen-bond acceptors (Lipinski definition) is 4. The molecule has 0 aliphatic heterocycles. The number of carbonyl (C=O) groups excluding carboxylic acids is 1. The van der Waals surface area contributed by atoms with Gasteiger partial charge in [0.05, 0.1) is 27.6 Å². The van der Waals surface area contributed by atoms with E-state index in [4.69, 9.17) is 27.9 Å². The van der Waals surface area contributed by atoms with Gasteiger partial charge in [0.1, 0.15) is 11.4 Å². The van der Waals surface area contributed by atoms with Crippen molar-refractivity contribution < 1.29 is 9.53 Å². The topological polar surface area (TPSA) is 63.2 Å². The van der Waals surface area contributed by atoms with E-state index >= 15 is 0 Å². The number of amides is 1. The molecule has 2 rings (SSSR count). The van der Waals surface area contributed by atoms with Crippen molar-refractivity contribution in [3.63, 3.8) is 0 Å². The normalized spacial score (nSPS) is 11.0. The Kier molecular flexibility index (Phi) is 5.34. The number of halogens is 2. The van der Waals surface area contributed by atoms with Crippen LogP contribution in [0.15, 0.2) is 36.5 Å². The second-order valence-corrected chi connectivity index (χ2v) is 6.57. The molecule has 7 heteroatoms. The van der Waals surface area contributed by atoms with Crippen LogP contribution in [0.2, 0.25) is 10.0 Å². The molecule has 0 spiro atoms. The van der Waals surface area contributed by atoms with Crippen molar-refractivity contribution >= 4 is 46.5 Å². The summed E-state index contributed by atoms with van der Waals surface area (Å²) in [4.78, 5) is 15.9. The number of ether oxygens (including phenoxy) is 1. The molecular weight excluding hydrogens is 337 g/mol. The number of carbonyl (C=O) groups is 1. The SMILES string of the molecule is CC(C)(C)OC(=O)Nc1ccc(Nc2cccc(Cl)c2Cl)nc1. The third-order valence-corrected chi connectivity index (χ3v) is 3.44. The summed E-state index contributed by atoms with van der Waals surface area (Å²) >= 11 is 12.1. The molecule has 1 heterocycles. The van der Waals surface area contributed by atoms with Crippen molar-refractivity contribution in [3.05, 3.63) is 46.6 Å². The molecule has 0 saturated carbocycles. The summed E-state index contributed by atoms with van der Waals surface area (Å²) in [5, 5.41) is 6.55. The minimum absolute atomic E-state index is 0.423. The molecule has 1 aromatic heterocycles. The summed E-state index contributed by atoms with van der Waals surface area (Å²) in [5.41, 5.74) is 0.629. The first-order chi connectivity index (χ1) is 10.7. The quantitative estimate of drug-likeness (QED) is 0.766. The lowest BCUT2D eigenvalue weighted by atomic mass is 10.2. The van der Waals surface area contributed by atoms with Crippen LogP contribution in [0.3, 0.4) is 0 Å². The maximum Gasteiger partial charge on any atom is 0.412 e. The van der Waals surface area contributed by atoms with E-state index < -0.39 is 11.7 Å². The molecule has 0 fully saturated rings. The fraction of sp³-hybridized carbons (Fsp3) is 0.250. The first kappa shape index (κ1) is 17.4. The fourth-order valence-electron chi connectivity index (χ4n) is 1.70. The Bertz CT molecular complexity index is 697. The van der Waals surface area contributed by atoms with Gasteiger partial charge in [-0.3, -0.25) is 5.32 Å². The van der Waals surface area contributed by atoms with Crippen LogP contribution in [0, 0.1) is 0 Å². The van der Waals surface area contributed by atoms with Crippen LogP contribution in [0.5, 0.6) is 0 Å². The Morgan fingerprint density at radius 1 is 1.17 bits per heavy atom. The molecule has 1 aromatic carbocycles. The molecule has 0 atom stereocenters. The van der Waals surface area contributed by atoms with Crippen molar-refractivity contribution in [2.75, 3.05) is 10.6 Å². The third-order valence-electron chi connectivity index (χ3n) is 2.62. The predicted molar refractivity (Wildman–Crippen MR) is 93.8 cm³/mol. The summed E-state index contributed by atoms with van der Waals surface area (Å²) in [6.45, 7) is 5.39. The van der Waals surface area contributed by atoms with Gasteiger partial charge in [0.2, 0.25) is 0 Å². The maximum atomic E-state index is 11.7. The Morgan fingerprint density at radius 2 is 1.91 bits per heavy atom. The average molecular weight is 354 g/mol. The minimum Gasteiger partial charge on any atom is -0.444 e. The lowest BCUT2D eigenvalue weighted by Gasteiger charge is -2.19. The molecule has 0 aliphatic rings. The predicted octanol–water partition coefficient (Wildman–Crippen LogP) is 5.48.